The molecule has 7 heteroatoms. The number of hydrogen-bond acceptors (Lipinski definition) is 7. The molecule has 2 aromatic heterocycles. The largest absolute Gasteiger partial charge is 0.365 e. The summed E-state index contributed by atoms with van der Waals surface area (Å²) in [4.78, 5) is 11.3. The molecule has 2 rings (SSSR count). The van der Waals surface area contributed by atoms with E-state index >= 15 is 0 Å². The maximum atomic E-state index is 5.40. The molecule has 0 aromatic carbocycles. The molecule has 0 aliphatic heterocycles. The fourth-order valence-electron chi connectivity index (χ4n) is 1.60. The highest BCUT2D eigenvalue weighted by molar-refractivity contribution is 7.98. The van der Waals surface area contributed by atoms with Gasteiger partial charge < -0.3 is 10.7 Å². The summed E-state index contributed by atoms with van der Waals surface area (Å²) in [5.74, 6) is 6.78. The standard InChI is InChI=1S/C12H17N5S2/c1-7-4-9(19-8(7)2)6-14-10-5-11(17-13)16-12(15-10)18-3/h4-5H,6,13H2,1-3H3,(H2,14,15,16,17). The van der Waals surface area contributed by atoms with Crippen LogP contribution < -0.4 is 16.6 Å². The number of nitrogens with one attached hydrogen (secondary N) is 2. The van der Waals surface area contributed by atoms with E-state index in [9.17, 15) is 0 Å². The van der Waals surface area contributed by atoms with E-state index in [1.165, 1.54) is 27.1 Å². The van der Waals surface area contributed by atoms with Crippen molar-refractivity contribution in [2.75, 3.05) is 17.0 Å². The SMILES string of the molecule is CSc1nc(NN)cc(NCc2cc(C)c(C)s2)n1. The van der Waals surface area contributed by atoms with Crippen LogP contribution in [0.1, 0.15) is 15.3 Å². The number of hydrogen-bond donors (Lipinski definition) is 3. The van der Waals surface area contributed by atoms with Gasteiger partial charge in [-0.3, -0.25) is 0 Å². The number of rotatable bonds is 5. The second-order valence-corrected chi connectivity index (χ2v) is 6.19. The van der Waals surface area contributed by atoms with Crippen molar-refractivity contribution in [2.45, 2.75) is 25.5 Å². The fourth-order valence-corrected chi connectivity index (χ4v) is 2.97. The van der Waals surface area contributed by atoms with E-state index in [-0.39, 0.29) is 0 Å². The van der Waals surface area contributed by atoms with Crippen LogP contribution in [-0.4, -0.2) is 16.2 Å². The summed E-state index contributed by atoms with van der Waals surface area (Å²) in [6.07, 6.45) is 1.94. The van der Waals surface area contributed by atoms with Crippen LogP contribution >= 0.6 is 23.1 Å². The van der Waals surface area contributed by atoms with Crippen LogP contribution in [0.4, 0.5) is 11.6 Å². The Morgan fingerprint density at radius 3 is 2.58 bits per heavy atom. The summed E-state index contributed by atoms with van der Waals surface area (Å²) in [6, 6.07) is 4.00. The van der Waals surface area contributed by atoms with E-state index in [4.69, 9.17) is 5.84 Å². The third kappa shape index (κ3) is 3.59. The topological polar surface area (TPSA) is 75.9 Å². The lowest BCUT2D eigenvalue weighted by Gasteiger charge is -2.07. The Balaban J connectivity index is 2.10. The van der Waals surface area contributed by atoms with E-state index in [2.05, 4.69) is 40.6 Å². The van der Waals surface area contributed by atoms with Crippen LogP contribution in [0, 0.1) is 13.8 Å². The predicted octanol–water partition coefficient (Wildman–Crippen LogP) is 2.77. The molecule has 102 valence electrons. The normalized spacial score (nSPS) is 10.5. The Labute approximate surface area is 121 Å². The lowest BCUT2D eigenvalue weighted by Crippen LogP contribution is -2.10. The minimum absolute atomic E-state index is 0.611. The maximum Gasteiger partial charge on any atom is 0.191 e. The summed E-state index contributed by atoms with van der Waals surface area (Å²) in [7, 11) is 0. The van der Waals surface area contributed by atoms with Gasteiger partial charge in [-0.2, -0.15) is 0 Å². The fraction of sp³-hybridized carbons (Fsp3) is 0.333. The van der Waals surface area contributed by atoms with Gasteiger partial charge in [0, 0.05) is 15.8 Å². The van der Waals surface area contributed by atoms with Crippen LogP contribution in [0.5, 0.6) is 0 Å². The first kappa shape index (κ1) is 14.1. The van der Waals surface area contributed by atoms with Crippen LogP contribution in [0.25, 0.3) is 0 Å². The molecule has 0 saturated carbocycles. The molecule has 0 radical (unpaired) electrons. The summed E-state index contributed by atoms with van der Waals surface area (Å²) in [5.41, 5.74) is 3.88. The number of hydrazine groups is 1. The third-order valence-electron chi connectivity index (χ3n) is 2.70. The Bertz CT molecular complexity index is 525. The molecular weight excluding hydrogens is 278 g/mol. The van der Waals surface area contributed by atoms with Crippen molar-refractivity contribution in [3.8, 4) is 0 Å². The van der Waals surface area contributed by atoms with Gasteiger partial charge in [0.1, 0.15) is 11.6 Å². The third-order valence-corrected chi connectivity index (χ3v) is 4.40. The average Bonchev–Trinajstić information content (AvgIpc) is 2.75. The maximum absolute atomic E-state index is 5.40. The highest BCUT2D eigenvalue weighted by atomic mass is 32.2. The molecule has 0 spiro atoms. The number of nitrogens with zero attached hydrogens (tertiary/aromatic N) is 2. The molecule has 19 heavy (non-hydrogen) atoms. The van der Waals surface area contributed by atoms with E-state index in [0.717, 1.165) is 12.4 Å². The van der Waals surface area contributed by atoms with Crippen molar-refractivity contribution in [1.29, 1.82) is 0 Å². The number of thioether (sulfide) groups is 1. The van der Waals surface area contributed by atoms with Crippen molar-refractivity contribution in [3.63, 3.8) is 0 Å². The molecule has 2 heterocycles. The van der Waals surface area contributed by atoms with Crippen LogP contribution in [0.15, 0.2) is 17.3 Å². The highest BCUT2D eigenvalue weighted by Gasteiger charge is 2.05. The average molecular weight is 295 g/mol. The summed E-state index contributed by atoms with van der Waals surface area (Å²) in [5, 5.41) is 3.99. The van der Waals surface area contributed by atoms with Crippen LogP contribution in [-0.2, 0) is 6.54 Å². The molecule has 0 unspecified atom stereocenters. The van der Waals surface area contributed by atoms with Crippen molar-refractivity contribution >= 4 is 34.7 Å². The first-order valence-electron chi connectivity index (χ1n) is 5.82. The van der Waals surface area contributed by atoms with Gasteiger partial charge in [0.15, 0.2) is 5.16 Å². The van der Waals surface area contributed by atoms with Crippen LogP contribution in [0.3, 0.4) is 0 Å². The number of nitrogen functional groups attached to an aromatic ring is 1. The van der Waals surface area contributed by atoms with Gasteiger partial charge in [-0.05, 0) is 31.7 Å². The lowest BCUT2D eigenvalue weighted by molar-refractivity contribution is 0.955. The number of nitrogens with two attached hydrogens (primary N) is 1. The van der Waals surface area contributed by atoms with Gasteiger partial charge >= 0.3 is 0 Å². The number of aryl methyl sites for hydroxylation is 2. The molecule has 0 saturated heterocycles. The quantitative estimate of drug-likeness (QED) is 0.341. The Kier molecular flexibility index (Phi) is 4.62. The summed E-state index contributed by atoms with van der Waals surface area (Å²) >= 11 is 3.29. The minimum Gasteiger partial charge on any atom is -0.365 e. The number of anilines is 2. The van der Waals surface area contributed by atoms with Crippen molar-refractivity contribution in [3.05, 3.63) is 27.5 Å². The zero-order valence-electron chi connectivity index (χ0n) is 11.2. The molecule has 4 N–H and O–H groups in total. The van der Waals surface area contributed by atoms with Gasteiger partial charge in [-0.25, -0.2) is 15.8 Å². The zero-order chi connectivity index (χ0) is 13.8. The Morgan fingerprint density at radius 1 is 1.26 bits per heavy atom. The second-order valence-electron chi connectivity index (χ2n) is 4.07. The first-order valence-corrected chi connectivity index (χ1v) is 7.86. The molecule has 0 atom stereocenters. The molecule has 2 aromatic rings. The van der Waals surface area contributed by atoms with E-state index in [1.54, 1.807) is 17.4 Å². The molecule has 0 amide bonds. The van der Waals surface area contributed by atoms with Gasteiger partial charge in [-0.1, -0.05) is 11.8 Å². The van der Waals surface area contributed by atoms with Crippen LogP contribution in [0.2, 0.25) is 0 Å². The lowest BCUT2D eigenvalue weighted by atomic mass is 10.3. The van der Waals surface area contributed by atoms with E-state index in [0.29, 0.717) is 11.0 Å². The summed E-state index contributed by atoms with van der Waals surface area (Å²) < 4.78 is 0. The van der Waals surface area contributed by atoms with Gasteiger partial charge in [0.05, 0.1) is 6.54 Å². The van der Waals surface area contributed by atoms with Gasteiger partial charge in [0.2, 0.25) is 0 Å². The predicted molar refractivity (Wildman–Crippen MR) is 82.7 cm³/mol. The number of thiophene rings is 1. The summed E-state index contributed by atoms with van der Waals surface area (Å²) in [6.45, 7) is 5.02. The van der Waals surface area contributed by atoms with Crippen molar-refractivity contribution in [1.82, 2.24) is 9.97 Å². The molecule has 5 nitrogen and oxygen atoms in total. The van der Waals surface area contributed by atoms with E-state index in [1.807, 2.05) is 6.26 Å². The Hall–Kier alpha value is -1.31. The zero-order valence-corrected chi connectivity index (χ0v) is 12.8. The van der Waals surface area contributed by atoms with Crippen molar-refractivity contribution < 1.29 is 0 Å². The Morgan fingerprint density at radius 2 is 2.00 bits per heavy atom. The minimum atomic E-state index is 0.611. The van der Waals surface area contributed by atoms with Crippen molar-refractivity contribution in [2.24, 2.45) is 5.84 Å². The molecule has 0 fully saturated rings. The highest BCUT2D eigenvalue weighted by Crippen LogP contribution is 2.22. The molecular formula is C12H17N5S2. The first-order chi connectivity index (χ1) is 9.12. The van der Waals surface area contributed by atoms with Gasteiger partial charge in [0.25, 0.3) is 0 Å². The molecule has 0 aliphatic carbocycles. The van der Waals surface area contributed by atoms with E-state index < -0.39 is 0 Å². The smallest absolute Gasteiger partial charge is 0.191 e. The van der Waals surface area contributed by atoms with Gasteiger partial charge in [-0.15, -0.1) is 11.3 Å². The molecule has 0 aliphatic rings. The number of aromatic nitrogens is 2. The molecule has 0 bridgehead atoms. The second kappa shape index (κ2) is 6.23. The monoisotopic (exact) mass is 295 g/mol.